The van der Waals surface area contributed by atoms with Crippen molar-refractivity contribution in [2.45, 2.75) is 20.0 Å². The van der Waals surface area contributed by atoms with Gasteiger partial charge >= 0.3 is 5.97 Å². The topological polar surface area (TPSA) is 64.6 Å². The molecule has 5 heteroatoms. The molecule has 0 spiro atoms. The Hall–Kier alpha value is -2.04. The smallest absolute Gasteiger partial charge is 0.305 e. The van der Waals surface area contributed by atoms with Crippen LogP contribution in [0.5, 0.6) is 5.75 Å². The SMILES string of the molecule is CCC(=O)OCc1ccc(C(=O)NC)cc1OC. The third-order valence-electron chi connectivity index (χ3n) is 2.45. The molecule has 0 saturated carbocycles. The van der Waals surface area contributed by atoms with Gasteiger partial charge in [-0.2, -0.15) is 0 Å². The molecule has 0 aromatic heterocycles. The first-order valence-corrected chi connectivity index (χ1v) is 5.67. The first-order chi connectivity index (χ1) is 8.62. The molecule has 1 N–H and O–H groups in total. The summed E-state index contributed by atoms with van der Waals surface area (Å²) in [6, 6.07) is 5.00. The Morgan fingerprint density at radius 3 is 2.61 bits per heavy atom. The number of nitrogens with one attached hydrogen (secondary N) is 1. The summed E-state index contributed by atoms with van der Waals surface area (Å²) in [5, 5.41) is 2.53. The van der Waals surface area contributed by atoms with Gasteiger partial charge in [0.15, 0.2) is 0 Å². The highest BCUT2D eigenvalue weighted by molar-refractivity contribution is 5.94. The summed E-state index contributed by atoms with van der Waals surface area (Å²) in [6.45, 7) is 1.87. The number of carbonyl (C=O) groups is 2. The van der Waals surface area contributed by atoms with E-state index in [9.17, 15) is 9.59 Å². The van der Waals surface area contributed by atoms with E-state index < -0.39 is 0 Å². The Bertz CT molecular complexity index is 443. The number of amides is 1. The van der Waals surface area contributed by atoms with Crippen LogP contribution in [0.25, 0.3) is 0 Å². The average Bonchev–Trinajstić information content (AvgIpc) is 2.43. The molecule has 98 valence electrons. The maximum atomic E-state index is 11.5. The summed E-state index contributed by atoms with van der Waals surface area (Å²) in [6.07, 6.45) is 0.332. The first kappa shape index (κ1) is 14.0. The number of ether oxygens (including phenoxy) is 2. The summed E-state index contributed by atoms with van der Waals surface area (Å²) in [7, 11) is 3.07. The molecule has 0 fully saturated rings. The van der Waals surface area contributed by atoms with Gasteiger partial charge in [-0.05, 0) is 12.1 Å². The summed E-state index contributed by atoms with van der Waals surface area (Å²) in [4.78, 5) is 22.5. The van der Waals surface area contributed by atoms with Crippen LogP contribution in [-0.2, 0) is 16.1 Å². The van der Waals surface area contributed by atoms with E-state index in [-0.39, 0.29) is 18.5 Å². The Kier molecular flexibility index (Phi) is 5.17. The second kappa shape index (κ2) is 6.64. The van der Waals surface area contributed by atoms with Crippen LogP contribution in [0.1, 0.15) is 29.3 Å². The van der Waals surface area contributed by atoms with E-state index in [1.165, 1.54) is 7.11 Å². The van der Waals surface area contributed by atoms with Gasteiger partial charge in [-0.1, -0.05) is 13.0 Å². The predicted octanol–water partition coefficient (Wildman–Crippen LogP) is 1.51. The lowest BCUT2D eigenvalue weighted by molar-refractivity contribution is -0.144. The van der Waals surface area contributed by atoms with Crippen molar-refractivity contribution >= 4 is 11.9 Å². The van der Waals surface area contributed by atoms with Crippen LogP contribution in [0.4, 0.5) is 0 Å². The zero-order valence-corrected chi connectivity index (χ0v) is 10.8. The quantitative estimate of drug-likeness (QED) is 0.806. The summed E-state index contributed by atoms with van der Waals surface area (Å²) in [5.41, 5.74) is 1.23. The van der Waals surface area contributed by atoms with E-state index in [0.29, 0.717) is 17.7 Å². The highest BCUT2D eigenvalue weighted by Crippen LogP contribution is 2.21. The minimum atomic E-state index is -0.271. The Morgan fingerprint density at radius 1 is 1.33 bits per heavy atom. The third-order valence-corrected chi connectivity index (χ3v) is 2.45. The highest BCUT2D eigenvalue weighted by Gasteiger charge is 2.10. The summed E-state index contributed by atoms with van der Waals surface area (Å²) >= 11 is 0. The van der Waals surface area contributed by atoms with Crippen molar-refractivity contribution in [1.82, 2.24) is 5.32 Å². The lowest BCUT2D eigenvalue weighted by Gasteiger charge is -2.10. The molecule has 1 rings (SSSR count). The maximum absolute atomic E-state index is 11.5. The second-order valence-corrected chi connectivity index (χ2v) is 3.62. The third kappa shape index (κ3) is 3.48. The van der Waals surface area contributed by atoms with Gasteiger partial charge in [0.05, 0.1) is 7.11 Å². The number of hydrogen-bond acceptors (Lipinski definition) is 4. The van der Waals surface area contributed by atoms with Crippen molar-refractivity contribution in [3.05, 3.63) is 29.3 Å². The maximum Gasteiger partial charge on any atom is 0.305 e. The molecule has 0 saturated heterocycles. The number of hydrogen-bond donors (Lipinski definition) is 1. The second-order valence-electron chi connectivity index (χ2n) is 3.62. The zero-order chi connectivity index (χ0) is 13.5. The van der Waals surface area contributed by atoms with Crippen LogP contribution in [0.3, 0.4) is 0 Å². The lowest BCUT2D eigenvalue weighted by atomic mass is 10.1. The molecular formula is C13H17NO4. The van der Waals surface area contributed by atoms with Gasteiger partial charge in [0, 0.05) is 24.6 Å². The molecule has 1 aromatic carbocycles. The van der Waals surface area contributed by atoms with Crippen LogP contribution < -0.4 is 10.1 Å². The van der Waals surface area contributed by atoms with E-state index in [4.69, 9.17) is 9.47 Å². The van der Waals surface area contributed by atoms with E-state index in [0.717, 1.165) is 5.56 Å². The van der Waals surface area contributed by atoms with Gasteiger partial charge in [-0.3, -0.25) is 9.59 Å². The predicted molar refractivity (Wildman–Crippen MR) is 66.5 cm³/mol. The number of carbonyl (C=O) groups excluding carboxylic acids is 2. The van der Waals surface area contributed by atoms with Gasteiger partial charge in [0.1, 0.15) is 12.4 Å². The lowest BCUT2D eigenvalue weighted by Crippen LogP contribution is -2.18. The van der Waals surface area contributed by atoms with Gasteiger partial charge < -0.3 is 14.8 Å². The van der Waals surface area contributed by atoms with E-state index in [1.807, 2.05) is 0 Å². The van der Waals surface area contributed by atoms with Crippen molar-refractivity contribution < 1.29 is 19.1 Å². The van der Waals surface area contributed by atoms with Crippen LogP contribution >= 0.6 is 0 Å². The van der Waals surface area contributed by atoms with Gasteiger partial charge in [-0.25, -0.2) is 0 Å². The van der Waals surface area contributed by atoms with Crippen molar-refractivity contribution in [2.24, 2.45) is 0 Å². The van der Waals surface area contributed by atoms with Crippen molar-refractivity contribution in [1.29, 1.82) is 0 Å². The Labute approximate surface area is 106 Å². The average molecular weight is 251 g/mol. The molecule has 5 nitrogen and oxygen atoms in total. The van der Waals surface area contributed by atoms with Crippen molar-refractivity contribution in [2.75, 3.05) is 14.2 Å². The molecule has 0 bridgehead atoms. The van der Waals surface area contributed by atoms with Crippen LogP contribution in [0.2, 0.25) is 0 Å². The first-order valence-electron chi connectivity index (χ1n) is 5.67. The Morgan fingerprint density at radius 2 is 2.06 bits per heavy atom. The highest BCUT2D eigenvalue weighted by atomic mass is 16.5. The minimum Gasteiger partial charge on any atom is -0.496 e. The number of esters is 1. The van der Waals surface area contributed by atoms with E-state index in [1.54, 1.807) is 32.2 Å². The molecular weight excluding hydrogens is 234 g/mol. The van der Waals surface area contributed by atoms with Crippen LogP contribution in [0.15, 0.2) is 18.2 Å². The van der Waals surface area contributed by atoms with Gasteiger partial charge in [0.2, 0.25) is 0 Å². The minimum absolute atomic E-state index is 0.143. The van der Waals surface area contributed by atoms with Crippen LogP contribution in [0, 0.1) is 0 Å². The molecule has 0 heterocycles. The molecule has 1 amide bonds. The van der Waals surface area contributed by atoms with Gasteiger partial charge in [-0.15, -0.1) is 0 Å². The van der Waals surface area contributed by atoms with Crippen molar-refractivity contribution in [3.63, 3.8) is 0 Å². The van der Waals surface area contributed by atoms with Crippen LogP contribution in [-0.4, -0.2) is 26.0 Å². The molecule has 0 aliphatic heterocycles. The normalized spacial score (nSPS) is 9.72. The number of benzene rings is 1. The fourth-order valence-corrected chi connectivity index (χ4v) is 1.41. The molecule has 0 aliphatic carbocycles. The van der Waals surface area contributed by atoms with E-state index in [2.05, 4.69) is 5.32 Å². The molecule has 0 radical (unpaired) electrons. The Balaban J connectivity index is 2.86. The standard InChI is InChI=1S/C13H17NO4/c1-4-12(15)18-8-10-6-5-9(13(16)14-2)7-11(10)17-3/h5-7H,4,8H2,1-3H3,(H,14,16). The summed E-state index contributed by atoms with van der Waals surface area (Å²) < 4.78 is 10.2. The fraction of sp³-hybridized carbons (Fsp3) is 0.385. The molecule has 0 aliphatic rings. The number of methoxy groups -OCH3 is 1. The monoisotopic (exact) mass is 251 g/mol. The summed E-state index contributed by atoms with van der Waals surface area (Å²) in [5.74, 6) is 0.0674. The molecule has 1 aromatic rings. The molecule has 18 heavy (non-hydrogen) atoms. The largest absolute Gasteiger partial charge is 0.496 e. The molecule has 0 atom stereocenters. The van der Waals surface area contributed by atoms with E-state index >= 15 is 0 Å². The fourth-order valence-electron chi connectivity index (χ4n) is 1.41. The van der Waals surface area contributed by atoms with Gasteiger partial charge in [0.25, 0.3) is 5.91 Å². The molecule has 0 unspecified atom stereocenters. The number of rotatable bonds is 5. The zero-order valence-electron chi connectivity index (χ0n) is 10.8. The van der Waals surface area contributed by atoms with Crippen molar-refractivity contribution in [3.8, 4) is 5.75 Å².